The maximum Gasteiger partial charge on any atom is 0.407 e. The minimum Gasteiger partial charge on any atom is -0.465 e. The van der Waals surface area contributed by atoms with E-state index in [0.717, 1.165) is 10.5 Å². The lowest BCUT2D eigenvalue weighted by molar-refractivity contribution is 0.0973. The molecule has 1 amide bonds. The molecule has 9 nitrogen and oxygen atoms in total. The smallest absolute Gasteiger partial charge is 0.407 e. The highest BCUT2D eigenvalue weighted by atomic mass is 35.5. The van der Waals surface area contributed by atoms with Gasteiger partial charge in [-0.1, -0.05) is 53.2 Å². The molecule has 0 heterocycles. The number of aliphatic hydroxyl groups excluding tert-OH is 1. The van der Waals surface area contributed by atoms with Crippen molar-refractivity contribution in [3.8, 4) is 0 Å². The highest BCUT2D eigenvalue weighted by Gasteiger charge is 2.20. The van der Waals surface area contributed by atoms with Gasteiger partial charge in [-0.2, -0.15) is 0 Å². The van der Waals surface area contributed by atoms with Crippen LogP contribution in [0.4, 0.5) is 4.79 Å². The van der Waals surface area contributed by atoms with Gasteiger partial charge < -0.3 is 26.1 Å². The molecule has 0 aromatic heterocycles. The van der Waals surface area contributed by atoms with Crippen molar-refractivity contribution < 1.29 is 28.6 Å². The molecule has 3 aromatic carbocycles. The molecule has 0 fully saturated rings. The Hall–Kier alpha value is -3.60. The number of carboxylic acid groups (broad SMARTS) is 1. The highest BCUT2D eigenvalue weighted by molar-refractivity contribution is 7.91. The third-order valence-electron chi connectivity index (χ3n) is 5.35. The number of halogens is 1. The minimum absolute atomic E-state index is 0.0126. The van der Waals surface area contributed by atoms with E-state index >= 15 is 0 Å². The third-order valence-corrected chi connectivity index (χ3v) is 7.35. The predicted molar refractivity (Wildman–Crippen MR) is 131 cm³/mol. The van der Waals surface area contributed by atoms with Gasteiger partial charge in [0.1, 0.15) is 0 Å². The van der Waals surface area contributed by atoms with Crippen molar-refractivity contribution in [2.45, 2.75) is 22.3 Å². The molecule has 11 heteroatoms. The number of carbonyl (C=O) groups is 1. The van der Waals surface area contributed by atoms with Crippen molar-refractivity contribution >= 4 is 33.4 Å². The maximum atomic E-state index is 13.0. The van der Waals surface area contributed by atoms with E-state index in [0.29, 0.717) is 17.0 Å². The van der Waals surface area contributed by atoms with E-state index in [-0.39, 0.29) is 34.3 Å². The summed E-state index contributed by atoms with van der Waals surface area (Å²) in [4.78, 5) is 12.8. The van der Waals surface area contributed by atoms with Gasteiger partial charge in [-0.25, -0.2) is 13.2 Å². The normalized spacial score (nSPS) is 12.8. The van der Waals surface area contributed by atoms with E-state index < -0.39 is 22.0 Å². The minimum atomic E-state index is -3.86. The number of rotatable bonds is 9. The SMILES string of the molecule is NC(=NO)c1cccc(S(=O)(=O)c2ccc(CCN(C[C@@H](O)c3cccc(Cl)c3)C(=O)O)cc2)c1. The van der Waals surface area contributed by atoms with Gasteiger partial charge in [0.05, 0.1) is 22.4 Å². The van der Waals surface area contributed by atoms with Gasteiger partial charge in [-0.3, -0.25) is 0 Å². The second kappa shape index (κ2) is 11.2. The second-order valence-electron chi connectivity index (χ2n) is 7.71. The molecule has 1 atom stereocenters. The molecule has 35 heavy (non-hydrogen) atoms. The zero-order valence-corrected chi connectivity index (χ0v) is 20.0. The molecule has 0 unspecified atom stereocenters. The van der Waals surface area contributed by atoms with Crippen LogP contribution in [0.25, 0.3) is 0 Å². The number of benzene rings is 3. The summed E-state index contributed by atoms with van der Waals surface area (Å²) in [5.41, 5.74) is 7.04. The van der Waals surface area contributed by atoms with E-state index in [1.807, 2.05) is 0 Å². The first-order chi connectivity index (χ1) is 16.6. The van der Waals surface area contributed by atoms with Crippen LogP contribution in [0.15, 0.2) is 87.7 Å². The van der Waals surface area contributed by atoms with Crippen LogP contribution in [0.1, 0.15) is 22.8 Å². The number of nitrogens with two attached hydrogens (primary N) is 1. The zero-order chi connectivity index (χ0) is 25.6. The average molecular weight is 518 g/mol. The molecule has 0 bridgehead atoms. The fraction of sp³-hybridized carbons (Fsp3) is 0.167. The molecule has 3 rings (SSSR count). The first kappa shape index (κ1) is 26.0. The Balaban J connectivity index is 1.69. The standard InChI is InChI=1S/C24H24ClN3O6S/c25-19-5-1-3-17(13-19)22(29)15-28(24(30)31)12-11-16-7-9-20(10-8-16)35(33,34)21-6-2-4-18(14-21)23(26)27-32/h1-10,13-14,22,29,32H,11-12,15H2,(H2,26,27)(H,30,31)/t22-/m1/s1. The number of hydrogen-bond donors (Lipinski definition) is 4. The van der Waals surface area contributed by atoms with Crippen LogP contribution in [0, 0.1) is 0 Å². The van der Waals surface area contributed by atoms with Crippen LogP contribution >= 0.6 is 11.6 Å². The number of oxime groups is 1. The largest absolute Gasteiger partial charge is 0.465 e. The summed E-state index contributed by atoms with van der Waals surface area (Å²) in [7, 11) is -3.86. The van der Waals surface area contributed by atoms with Crippen LogP contribution in [0.2, 0.25) is 5.02 Å². The number of hydrogen-bond acceptors (Lipinski definition) is 6. The summed E-state index contributed by atoms with van der Waals surface area (Å²) in [6, 6.07) is 18.4. The van der Waals surface area contributed by atoms with Crippen molar-refractivity contribution in [2.24, 2.45) is 10.9 Å². The Morgan fingerprint density at radius 1 is 1.03 bits per heavy atom. The van der Waals surface area contributed by atoms with Gasteiger partial charge in [0.25, 0.3) is 0 Å². The molecule has 0 aliphatic carbocycles. The third kappa shape index (κ3) is 6.50. The molecule has 3 aromatic rings. The lowest BCUT2D eigenvalue weighted by atomic mass is 10.1. The van der Waals surface area contributed by atoms with Gasteiger partial charge >= 0.3 is 6.09 Å². The molecular weight excluding hydrogens is 494 g/mol. The van der Waals surface area contributed by atoms with Gasteiger partial charge in [0.2, 0.25) is 9.84 Å². The van der Waals surface area contributed by atoms with E-state index in [1.54, 1.807) is 36.4 Å². The number of sulfone groups is 1. The van der Waals surface area contributed by atoms with E-state index in [2.05, 4.69) is 5.16 Å². The van der Waals surface area contributed by atoms with Gasteiger partial charge in [-0.05, 0) is 53.9 Å². The number of aliphatic hydroxyl groups is 1. The lowest BCUT2D eigenvalue weighted by Crippen LogP contribution is -2.35. The van der Waals surface area contributed by atoms with Crippen LogP contribution in [0.5, 0.6) is 0 Å². The topological polar surface area (TPSA) is 154 Å². The summed E-state index contributed by atoms with van der Waals surface area (Å²) < 4.78 is 26.0. The summed E-state index contributed by atoms with van der Waals surface area (Å²) in [5.74, 6) is -0.208. The van der Waals surface area contributed by atoms with Crippen molar-refractivity contribution in [1.82, 2.24) is 4.90 Å². The average Bonchev–Trinajstić information content (AvgIpc) is 2.86. The van der Waals surface area contributed by atoms with Gasteiger partial charge in [-0.15, -0.1) is 0 Å². The second-order valence-corrected chi connectivity index (χ2v) is 10.1. The van der Waals surface area contributed by atoms with Crippen LogP contribution < -0.4 is 5.73 Å². The van der Waals surface area contributed by atoms with E-state index in [9.17, 15) is 23.4 Å². The first-order valence-electron chi connectivity index (χ1n) is 10.4. The molecular formula is C24H24ClN3O6S. The monoisotopic (exact) mass is 517 g/mol. The number of amidine groups is 1. The zero-order valence-electron chi connectivity index (χ0n) is 18.5. The highest BCUT2D eigenvalue weighted by Crippen LogP contribution is 2.23. The fourth-order valence-corrected chi connectivity index (χ4v) is 4.91. The summed E-state index contributed by atoms with van der Waals surface area (Å²) in [6.45, 7) is -0.0420. The molecule has 0 aliphatic rings. The first-order valence-corrected chi connectivity index (χ1v) is 12.3. The Kier molecular flexibility index (Phi) is 8.34. The van der Waals surface area contributed by atoms with Crippen molar-refractivity contribution in [3.63, 3.8) is 0 Å². The molecule has 0 radical (unpaired) electrons. The van der Waals surface area contributed by atoms with Crippen molar-refractivity contribution in [2.75, 3.05) is 13.1 Å². The molecule has 0 aliphatic heterocycles. The number of amides is 1. The molecule has 0 saturated heterocycles. The van der Waals surface area contributed by atoms with Crippen molar-refractivity contribution in [1.29, 1.82) is 0 Å². The van der Waals surface area contributed by atoms with Gasteiger partial charge in [0, 0.05) is 17.1 Å². The lowest BCUT2D eigenvalue weighted by Gasteiger charge is -2.23. The summed E-state index contributed by atoms with van der Waals surface area (Å²) >= 11 is 5.94. The van der Waals surface area contributed by atoms with Crippen LogP contribution in [0.3, 0.4) is 0 Å². The predicted octanol–water partition coefficient (Wildman–Crippen LogP) is 3.52. The Labute approximate surface area is 207 Å². The number of nitrogens with zero attached hydrogens (tertiary/aromatic N) is 2. The van der Waals surface area contributed by atoms with Crippen molar-refractivity contribution in [3.05, 3.63) is 94.5 Å². The molecule has 0 spiro atoms. The summed E-state index contributed by atoms with van der Waals surface area (Å²) in [5, 5.41) is 32.1. The molecule has 5 N–H and O–H groups in total. The Morgan fingerprint density at radius 3 is 2.34 bits per heavy atom. The Bertz CT molecular complexity index is 1330. The molecule has 0 saturated carbocycles. The fourth-order valence-electron chi connectivity index (χ4n) is 3.41. The van der Waals surface area contributed by atoms with E-state index in [4.69, 9.17) is 22.5 Å². The van der Waals surface area contributed by atoms with E-state index in [1.165, 1.54) is 36.4 Å². The Morgan fingerprint density at radius 2 is 1.71 bits per heavy atom. The van der Waals surface area contributed by atoms with Gasteiger partial charge in [0.15, 0.2) is 5.84 Å². The summed E-state index contributed by atoms with van der Waals surface area (Å²) in [6.07, 6.45) is -1.91. The molecule has 184 valence electrons. The van der Waals surface area contributed by atoms with Crippen LogP contribution in [-0.4, -0.2) is 53.8 Å². The van der Waals surface area contributed by atoms with Crippen LogP contribution in [-0.2, 0) is 16.3 Å². The maximum absolute atomic E-state index is 13.0. The quantitative estimate of drug-likeness (QED) is 0.146.